The van der Waals surface area contributed by atoms with E-state index in [2.05, 4.69) is 30.9 Å². The first-order valence-electron chi connectivity index (χ1n) is 11.4. The molecule has 1 aliphatic rings. The molecule has 0 unspecified atom stereocenters. The van der Waals surface area contributed by atoms with Gasteiger partial charge in [-0.25, -0.2) is 13.2 Å². The molecule has 0 heterocycles. The second kappa shape index (κ2) is 10.1. The summed E-state index contributed by atoms with van der Waals surface area (Å²) in [4.78, 5) is 0. The molecular formula is C29H27F3. The van der Waals surface area contributed by atoms with Crippen LogP contribution in [-0.2, 0) is 0 Å². The molecule has 0 saturated heterocycles. The molecule has 0 aliphatic heterocycles. The van der Waals surface area contributed by atoms with Gasteiger partial charge in [0.25, 0.3) is 0 Å². The summed E-state index contributed by atoms with van der Waals surface area (Å²) in [5.41, 5.74) is 2.63. The lowest BCUT2D eigenvalue weighted by molar-refractivity contribution is 0.308. The molecule has 3 aromatic carbocycles. The zero-order valence-corrected chi connectivity index (χ0v) is 18.3. The van der Waals surface area contributed by atoms with E-state index in [1.54, 1.807) is 0 Å². The Kier molecular flexibility index (Phi) is 7.00. The van der Waals surface area contributed by atoms with Gasteiger partial charge in [0.1, 0.15) is 17.5 Å². The van der Waals surface area contributed by atoms with Crippen LogP contribution in [0.3, 0.4) is 0 Å². The van der Waals surface area contributed by atoms with E-state index in [1.165, 1.54) is 68.4 Å². The van der Waals surface area contributed by atoms with Crippen LogP contribution in [0.2, 0.25) is 0 Å². The number of benzene rings is 3. The van der Waals surface area contributed by atoms with Gasteiger partial charge < -0.3 is 0 Å². The molecule has 164 valence electrons. The van der Waals surface area contributed by atoms with Crippen molar-refractivity contribution in [3.05, 3.63) is 94.8 Å². The molecule has 0 bridgehead atoms. The van der Waals surface area contributed by atoms with E-state index in [0.717, 1.165) is 23.6 Å². The summed E-state index contributed by atoms with van der Waals surface area (Å²) >= 11 is 0. The van der Waals surface area contributed by atoms with Crippen molar-refractivity contribution in [2.24, 2.45) is 5.92 Å². The summed E-state index contributed by atoms with van der Waals surface area (Å²) in [6, 6.07) is 15.7. The lowest BCUT2D eigenvalue weighted by atomic mass is 9.77. The molecule has 1 saturated carbocycles. The van der Waals surface area contributed by atoms with Crippen molar-refractivity contribution >= 4 is 0 Å². The zero-order valence-electron chi connectivity index (χ0n) is 18.3. The lowest BCUT2D eigenvalue weighted by Crippen LogP contribution is -2.13. The molecular weight excluding hydrogens is 405 g/mol. The Balaban J connectivity index is 1.46. The average molecular weight is 433 g/mol. The fourth-order valence-corrected chi connectivity index (χ4v) is 4.66. The van der Waals surface area contributed by atoms with Crippen molar-refractivity contribution in [3.63, 3.8) is 0 Å². The van der Waals surface area contributed by atoms with Crippen LogP contribution in [-0.4, -0.2) is 0 Å². The molecule has 0 N–H and O–H groups in total. The van der Waals surface area contributed by atoms with E-state index in [9.17, 15) is 13.2 Å². The number of halogens is 3. The monoisotopic (exact) mass is 432 g/mol. The Morgan fingerprint density at radius 2 is 1.47 bits per heavy atom. The second-order valence-corrected chi connectivity index (χ2v) is 8.70. The average Bonchev–Trinajstić information content (AvgIpc) is 2.81. The largest absolute Gasteiger partial charge is 0.207 e. The number of rotatable bonds is 4. The van der Waals surface area contributed by atoms with Gasteiger partial charge >= 0.3 is 0 Å². The molecule has 4 rings (SSSR count). The third-order valence-electron chi connectivity index (χ3n) is 6.48. The molecule has 1 fully saturated rings. The van der Waals surface area contributed by atoms with Gasteiger partial charge in [0.05, 0.1) is 5.56 Å². The minimum absolute atomic E-state index is 0.00619. The van der Waals surface area contributed by atoms with Gasteiger partial charge in [-0.15, -0.1) is 0 Å². The standard InChI is InChI=1S/C29H27F3/c1-2-3-20-4-9-22(10-5-20)23-11-6-21(7-12-23)8-13-25-18-29(32)27(19-28(25)31)24-14-16-26(30)17-15-24/h6-7,11-12,14-20,22H,2-5,9-10H2,1H3/t20-,22-. The molecule has 1 aliphatic carbocycles. The van der Waals surface area contributed by atoms with Crippen molar-refractivity contribution in [2.75, 3.05) is 0 Å². The molecule has 0 atom stereocenters. The van der Waals surface area contributed by atoms with Gasteiger partial charge in [-0.1, -0.05) is 55.9 Å². The van der Waals surface area contributed by atoms with Gasteiger partial charge in [-0.2, -0.15) is 0 Å². The maximum atomic E-state index is 14.5. The maximum Gasteiger partial charge on any atom is 0.139 e. The second-order valence-electron chi connectivity index (χ2n) is 8.70. The van der Waals surface area contributed by atoms with Crippen LogP contribution in [0.5, 0.6) is 0 Å². The van der Waals surface area contributed by atoms with Crippen molar-refractivity contribution in [2.45, 2.75) is 51.4 Å². The highest BCUT2D eigenvalue weighted by Crippen LogP contribution is 2.37. The predicted octanol–water partition coefficient (Wildman–Crippen LogP) is 8.24. The van der Waals surface area contributed by atoms with Crippen LogP contribution in [0, 0.1) is 35.2 Å². The minimum atomic E-state index is -0.598. The van der Waals surface area contributed by atoms with Gasteiger partial charge in [-0.05, 0) is 85.0 Å². The highest BCUT2D eigenvalue weighted by Gasteiger charge is 2.21. The summed E-state index contributed by atoms with van der Waals surface area (Å²) in [7, 11) is 0. The first kappa shape index (κ1) is 22.2. The first-order chi connectivity index (χ1) is 15.5. The van der Waals surface area contributed by atoms with Crippen molar-refractivity contribution < 1.29 is 13.2 Å². The summed E-state index contributed by atoms with van der Waals surface area (Å²) in [6.45, 7) is 2.26. The van der Waals surface area contributed by atoms with Crippen LogP contribution in [0.25, 0.3) is 11.1 Å². The van der Waals surface area contributed by atoms with Crippen LogP contribution in [0.4, 0.5) is 13.2 Å². The van der Waals surface area contributed by atoms with Gasteiger partial charge in [0.15, 0.2) is 0 Å². The van der Waals surface area contributed by atoms with Crippen molar-refractivity contribution in [3.8, 4) is 23.0 Å². The Morgan fingerprint density at radius 3 is 2.12 bits per heavy atom. The Labute approximate surface area is 188 Å². The van der Waals surface area contributed by atoms with Crippen LogP contribution in [0.1, 0.15) is 68.1 Å². The quantitative estimate of drug-likeness (QED) is 0.364. The molecule has 0 spiro atoms. The van der Waals surface area contributed by atoms with E-state index in [4.69, 9.17) is 0 Å². The van der Waals surface area contributed by atoms with E-state index in [1.807, 2.05) is 12.1 Å². The van der Waals surface area contributed by atoms with E-state index in [-0.39, 0.29) is 11.1 Å². The summed E-state index contributed by atoms with van der Waals surface area (Å²) < 4.78 is 42.2. The molecule has 0 nitrogen and oxygen atoms in total. The summed E-state index contributed by atoms with van der Waals surface area (Å²) in [5, 5.41) is 0. The van der Waals surface area contributed by atoms with E-state index < -0.39 is 17.5 Å². The molecule has 0 amide bonds. The number of hydrogen-bond acceptors (Lipinski definition) is 0. The molecule has 0 aromatic heterocycles. The van der Waals surface area contributed by atoms with E-state index >= 15 is 0 Å². The third kappa shape index (κ3) is 5.25. The smallest absolute Gasteiger partial charge is 0.139 e. The highest BCUT2D eigenvalue weighted by molar-refractivity contribution is 5.65. The highest BCUT2D eigenvalue weighted by atomic mass is 19.1. The fraction of sp³-hybridized carbons (Fsp3) is 0.310. The SMILES string of the molecule is CCC[C@H]1CC[C@H](c2ccc(C#Cc3cc(F)c(-c4ccc(F)cc4)cc3F)cc2)CC1. The Morgan fingerprint density at radius 1 is 0.781 bits per heavy atom. The van der Waals surface area contributed by atoms with Gasteiger partial charge in [0.2, 0.25) is 0 Å². The van der Waals surface area contributed by atoms with Crippen LogP contribution >= 0.6 is 0 Å². The van der Waals surface area contributed by atoms with Gasteiger partial charge in [0, 0.05) is 11.1 Å². The Bertz CT molecular complexity index is 1110. The van der Waals surface area contributed by atoms with Crippen LogP contribution < -0.4 is 0 Å². The number of hydrogen-bond donors (Lipinski definition) is 0. The first-order valence-corrected chi connectivity index (χ1v) is 11.4. The normalized spacial score (nSPS) is 18.1. The lowest BCUT2D eigenvalue weighted by Gasteiger charge is -2.28. The molecule has 3 heteroatoms. The summed E-state index contributed by atoms with van der Waals surface area (Å²) in [5.74, 6) is 5.57. The van der Waals surface area contributed by atoms with Crippen molar-refractivity contribution in [1.29, 1.82) is 0 Å². The predicted molar refractivity (Wildman–Crippen MR) is 124 cm³/mol. The molecule has 0 radical (unpaired) electrons. The third-order valence-corrected chi connectivity index (χ3v) is 6.48. The van der Waals surface area contributed by atoms with Crippen molar-refractivity contribution in [1.82, 2.24) is 0 Å². The minimum Gasteiger partial charge on any atom is -0.207 e. The molecule has 3 aromatic rings. The zero-order chi connectivity index (χ0) is 22.5. The van der Waals surface area contributed by atoms with E-state index in [0.29, 0.717) is 11.5 Å². The summed E-state index contributed by atoms with van der Waals surface area (Å²) in [6.07, 6.45) is 7.68. The topological polar surface area (TPSA) is 0 Å². The fourth-order valence-electron chi connectivity index (χ4n) is 4.66. The Hall–Kier alpha value is -2.99. The van der Waals surface area contributed by atoms with Crippen LogP contribution in [0.15, 0.2) is 60.7 Å². The van der Waals surface area contributed by atoms with Gasteiger partial charge in [-0.3, -0.25) is 0 Å². The maximum absolute atomic E-state index is 14.5. The molecule has 32 heavy (non-hydrogen) atoms.